The van der Waals surface area contributed by atoms with Crippen LogP contribution in [0.15, 0.2) is 83.0 Å². The second kappa shape index (κ2) is 8.73. The van der Waals surface area contributed by atoms with E-state index in [-0.39, 0.29) is 22.6 Å². The second-order valence-corrected chi connectivity index (χ2v) is 8.32. The Hall–Kier alpha value is -4.86. The number of dihydropyridines is 1. The Morgan fingerprint density at radius 3 is 2.86 bits per heavy atom. The van der Waals surface area contributed by atoms with Gasteiger partial charge < -0.3 is 25.0 Å². The average Bonchev–Trinajstić information content (AvgIpc) is 3.57. The number of halogens is 1. The maximum Gasteiger partial charge on any atom is 0.258 e. The summed E-state index contributed by atoms with van der Waals surface area (Å²) in [5.41, 5.74) is 4.09. The Morgan fingerprint density at radius 2 is 2.11 bits per heavy atom. The van der Waals surface area contributed by atoms with Crippen LogP contribution in [0.4, 0.5) is 4.39 Å². The summed E-state index contributed by atoms with van der Waals surface area (Å²) in [5, 5.41) is 11.1. The summed E-state index contributed by atoms with van der Waals surface area (Å²) in [5.74, 6) is -0.740. The Kier molecular flexibility index (Phi) is 5.25. The fourth-order valence-electron chi connectivity index (χ4n) is 4.49. The number of aromatic amines is 1. The van der Waals surface area contributed by atoms with Crippen LogP contribution in [0.25, 0.3) is 16.7 Å². The molecule has 10 heteroatoms. The number of oxazole rings is 1. The normalized spacial score (nSPS) is 18.4. The molecule has 1 aromatic carbocycles. The van der Waals surface area contributed by atoms with E-state index in [4.69, 9.17) is 9.83 Å². The van der Waals surface area contributed by atoms with Crippen molar-refractivity contribution in [1.29, 1.82) is 5.41 Å². The van der Waals surface area contributed by atoms with Crippen molar-refractivity contribution < 1.29 is 13.6 Å². The summed E-state index contributed by atoms with van der Waals surface area (Å²) >= 11 is 0. The van der Waals surface area contributed by atoms with Gasteiger partial charge in [-0.05, 0) is 36.4 Å². The van der Waals surface area contributed by atoms with Crippen molar-refractivity contribution in [2.24, 2.45) is 0 Å². The van der Waals surface area contributed by atoms with Gasteiger partial charge >= 0.3 is 0 Å². The molecule has 5 heterocycles. The Bertz CT molecular complexity index is 1580. The highest BCUT2D eigenvalue weighted by molar-refractivity contribution is 6.12. The lowest BCUT2D eigenvalue weighted by Gasteiger charge is -2.33. The molecular formula is C26H20FN7O2. The monoisotopic (exact) mass is 481 g/mol. The zero-order valence-corrected chi connectivity index (χ0v) is 18.9. The minimum absolute atomic E-state index is 0.0947. The van der Waals surface area contributed by atoms with Crippen LogP contribution in [-0.4, -0.2) is 43.5 Å². The molecule has 0 saturated heterocycles. The van der Waals surface area contributed by atoms with Gasteiger partial charge in [0.1, 0.15) is 5.52 Å². The Labute approximate surface area is 204 Å². The third kappa shape index (κ3) is 3.59. The van der Waals surface area contributed by atoms with Gasteiger partial charge in [0, 0.05) is 42.8 Å². The molecule has 0 unspecified atom stereocenters. The number of rotatable bonds is 4. The fraction of sp³-hybridized carbons (Fsp3) is 0.115. The van der Waals surface area contributed by atoms with Crippen LogP contribution in [-0.2, 0) is 11.2 Å². The number of amides is 1. The third-order valence-corrected chi connectivity index (χ3v) is 6.24. The maximum absolute atomic E-state index is 14.4. The van der Waals surface area contributed by atoms with E-state index in [2.05, 4.69) is 25.3 Å². The number of para-hydroxylation sites is 1. The van der Waals surface area contributed by atoms with Gasteiger partial charge in [0.25, 0.3) is 5.91 Å². The molecule has 6 rings (SSSR count). The zero-order chi connectivity index (χ0) is 24.6. The first-order chi connectivity index (χ1) is 17.6. The minimum atomic E-state index is -0.776. The first-order valence-corrected chi connectivity index (χ1v) is 11.3. The highest BCUT2D eigenvalue weighted by atomic mass is 19.1. The van der Waals surface area contributed by atoms with Gasteiger partial charge in [-0.1, -0.05) is 12.1 Å². The van der Waals surface area contributed by atoms with E-state index in [1.165, 1.54) is 6.07 Å². The molecule has 0 spiro atoms. The number of carbonyl (C=O) groups is 1. The predicted molar refractivity (Wildman–Crippen MR) is 130 cm³/mol. The first kappa shape index (κ1) is 21.7. The van der Waals surface area contributed by atoms with Crippen LogP contribution in [0, 0.1) is 11.2 Å². The molecule has 0 bridgehead atoms. The number of nitrogens with one attached hydrogen (secondary N) is 3. The summed E-state index contributed by atoms with van der Waals surface area (Å²) in [6, 6.07) is 9.33. The van der Waals surface area contributed by atoms with E-state index in [0.717, 1.165) is 23.2 Å². The van der Waals surface area contributed by atoms with Crippen molar-refractivity contribution in [3.05, 3.63) is 107 Å². The lowest BCUT2D eigenvalue weighted by molar-refractivity contribution is -0.129. The quantitative estimate of drug-likeness (QED) is 0.302. The summed E-state index contributed by atoms with van der Waals surface area (Å²) in [4.78, 5) is 31.6. The van der Waals surface area contributed by atoms with Gasteiger partial charge in [-0.15, -0.1) is 0 Å². The predicted octanol–water partition coefficient (Wildman–Crippen LogP) is 3.66. The maximum atomic E-state index is 14.4. The number of nitrogens with zero attached hydrogens (tertiary/aromatic N) is 4. The summed E-state index contributed by atoms with van der Waals surface area (Å²) < 4.78 is 20.2. The van der Waals surface area contributed by atoms with Crippen LogP contribution in [0.3, 0.4) is 0 Å². The number of allylic oxidation sites excluding steroid dienone is 3. The molecule has 0 fully saturated rings. The molecule has 0 radical (unpaired) electrons. The van der Waals surface area contributed by atoms with E-state index < -0.39 is 17.8 Å². The van der Waals surface area contributed by atoms with Gasteiger partial charge in [-0.25, -0.2) is 14.4 Å². The molecule has 2 aliphatic heterocycles. The van der Waals surface area contributed by atoms with E-state index >= 15 is 0 Å². The molecule has 3 aromatic heterocycles. The van der Waals surface area contributed by atoms with Crippen LogP contribution in [0.1, 0.15) is 29.0 Å². The van der Waals surface area contributed by atoms with Crippen LogP contribution in [0.2, 0.25) is 0 Å². The van der Waals surface area contributed by atoms with Crippen molar-refractivity contribution in [1.82, 2.24) is 30.2 Å². The Balaban J connectivity index is 1.37. The molecule has 2 aliphatic rings. The van der Waals surface area contributed by atoms with E-state index in [1.807, 2.05) is 24.3 Å². The number of pyridine rings is 1. The standard InChI is InChI=1S/C26H20FN7O2/c27-17-4-3-6-21-22(17)33-25(36-21)24-23-20(31-14-32-23)9-11-34(24)26(35)16(12-28)19-8-7-15(13-30-19)18-5-1-2-10-29-18/h1-8,10,12-14,24,28,30H,9,11H2,(H,31,32)/b19-16+,28-12?/t24-/m0/s1. The van der Waals surface area contributed by atoms with Crippen molar-refractivity contribution in [2.75, 3.05) is 6.54 Å². The van der Waals surface area contributed by atoms with Crippen molar-refractivity contribution in [3.63, 3.8) is 0 Å². The van der Waals surface area contributed by atoms with Gasteiger partial charge in [-0.3, -0.25) is 9.78 Å². The Morgan fingerprint density at radius 1 is 1.19 bits per heavy atom. The molecule has 3 N–H and O–H groups in total. The number of aromatic nitrogens is 4. The zero-order valence-electron chi connectivity index (χ0n) is 18.9. The number of benzene rings is 1. The number of hydrogen-bond donors (Lipinski definition) is 3. The summed E-state index contributed by atoms with van der Waals surface area (Å²) in [7, 11) is 0. The minimum Gasteiger partial charge on any atom is -0.438 e. The summed E-state index contributed by atoms with van der Waals surface area (Å²) in [6.07, 6.45) is 10.2. The fourth-order valence-corrected chi connectivity index (χ4v) is 4.49. The average molecular weight is 481 g/mol. The molecule has 0 aliphatic carbocycles. The van der Waals surface area contributed by atoms with Crippen molar-refractivity contribution >= 4 is 28.8 Å². The molecule has 0 saturated carbocycles. The SMILES string of the molecule is N=C/C(C(=O)N1CCc2[nH]cnc2[C@H]1c1nc2c(F)cccc2o1)=C1/C=CC(c2ccccn2)=CN1. The third-order valence-electron chi connectivity index (χ3n) is 6.24. The van der Waals surface area contributed by atoms with Crippen molar-refractivity contribution in [3.8, 4) is 0 Å². The number of hydrogen-bond acceptors (Lipinski definition) is 7. The van der Waals surface area contributed by atoms with Gasteiger partial charge in [0.05, 0.1) is 29.0 Å². The smallest absolute Gasteiger partial charge is 0.258 e. The molecule has 178 valence electrons. The van der Waals surface area contributed by atoms with E-state index in [1.54, 1.807) is 41.8 Å². The first-order valence-electron chi connectivity index (χ1n) is 11.3. The molecule has 36 heavy (non-hydrogen) atoms. The lowest BCUT2D eigenvalue weighted by Crippen LogP contribution is -2.42. The highest BCUT2D eigenvalue weighted by Gasteiger charge is 2.39. The second-order valence-electron chi connectivity index (χ2n) is 8.32. The molecule has 1 atom stereocenters. The van der Waals surface area contributed by atoms with E-state index in [0.29, 0.717) is 24.4 Å². The van der Waals surface area contributed by atoms with Crippen LogP contribution >= 0.6 is 0 Å². The molecule has 1 amide bonds. The molecular weight excluding hydrogens is 461 g/mol. The van der Waals surface area contributed by atoms with Crippen LogP contribution in [0.5, 0.6) is 0 Å². The largest absolute Gasteiger partial charge is 0.438 e. The number of imidazole rings is 1. The number of carbonyl (C=O) groups excluding carboxylic acids is 1. The lowest BCUT2D eigenvalue weighted by atomic mass is 10.00. The topological polar surface area (TPSA) is 124 Å². The highest BCUT2D eigenvalue weighted by Crippen LogP contribution is 2.36. The van der Waals surface area contributed by atoms with Gasteiger partial charge in [-0.2, -0.15) is 0 Å². The van der Waals surface area contributed by atoms with Crippen molar-refractivity contribution in [2.45, 2.75) is 12.5 Å². The molecule has 4 aromatic rings. The van der Waals surface area contributed by atoms with Gasteiger partial charge in [0.15, 0.2) is 17.4 Å². The van der Waals surface area contributed by atoms with E-state index in [9.17, 15) is 9.18 Å². The number of fused-ring (bicyclic) bond motifs is 2. The summed E-state index contributed by atoms with van der Waals surface area (Å²) in [6.45, 7) is 0.337. The van der Waals surface area contributed by atoms with Gasteiger partial charge in [0.2, 0.25) is 5.89 Å². The molecule has 9 nitrogen and oxygen atoms in total. The van der Waals surface area contributed by atoms with Crippen LogP contribution < -0.4 is 5.32 Å². The number of H-pyrrole nitrogens is 1.